The molecular weight excluding hydrogens is 727 g/mol. The summed E-state index contributed by atoms with van der Waals surface area (Å²) in [5, 5.41) is 12.1. The number of ether oxygens (including phenoxy) is 2. The van der Waals surface area contributed by atoms with Crippen LogP contribution in [0.2, 0.25) is 0 Å². The fraction of sp³-hybridized carbons (Fsp3) is 0.359. The molecule has 0 bridgehead atoms. The number of hydrogen-bond donors (Lipinski definition) is 1. The van der Waals surface area contributed by atoms with E-state index in [1.54, 1.807) is 45.8 Å². The van der Waals surface area contributed by atoms with Crippen LogP contribution in [0.4, 0.5) is 5.95 Å². The van der Waals surface area contributed by atoms with Gasteiger partial charge in [-0.25, -0.2) is 9.65 Å². The van der Waals surface area contributed by atoms with Gasteiger partial charge in [0.2, 0.25) is 17.7 Å². The van der Waals surface area contributed by atoms with Crippen LogP contribution in [0, 0.1) is 17.2 Å². The van der Waals surface area contributed by atoms with Crippen LogP contribution in [0.3, 0.4) is 0 Å². The molecule has 1 saturated heterocycles. The number of carbonyl (C=O) groups excluding carboxylic acids is 1. The maximum atomic E-state index is 13.2. The lowest BCUT2D eigenvalue weighted by molar-refractivity contribution is -0.145. The third kappa shape index (κ3) is 8.20. The highest BCUT2D eigenvalue weighted by Gasteiger charge is 2.47. The minimum atomic E-state index is -3.65. The molecule has 1 unspecified atom stereocenters. The standard InChI is InChI=1S/C39H44ClN8O5P/c1-27(2)36(49)44-38-43-35-34(37(45-38)52-28(3)21-22-41)42-26-48(35)33-24-47(23-32(53-33)25-51-54(40,50)46(4)5)39(29-15-9-6-10-16-29,30-17-11-7-12-18-30)31-19-13-8-14-20-31/h6-20,26-28,32-33H,21,23-25H2,1-5H3,(H,43,44,45,49)/t28-,32+,33-,54?/m1/s1. The van der Waals surface area contributed by atoms with Crippen molar-refractivity contribution in [3.63, 3.8) is 0 Å². The van der Waals surface area contributed by atoms with Gasteiger partial charge in [0, 0.05) is 19.0 Å². The number of nitrogens with zero attached hydrogens (tertiary/aromatic N) is 7. The topological polar surface area (TPSA) is 148 Å². The smallest absolute Gasteiger partial charge is 0.362 e. The van der Waals surface area contributed by atoms with Crippen LogP contribution in [0.25, 0.3) is 11.2 Å². The molecule has 0 aliphatic carbocycles. The van der Waals surface area contributed by atoms with Crippen LogP contribution in [0.15, 0.2) is 97.3 Å². The second kappa shape index (κ2) is 16.8. The number of benzene rings is 3. The Morgan fingerprint density at radius 1 is 1.00 bits per heavy atom. The maximum Gasteiger partial charge on any atom is 0.362 e. The summed E-state index contributed by atoms with van der Waals surface area (Å²) >= 11 is 6.37. The lowest BCUT2D eigenvalue weighted by Crippen LogP contribution is -2.57. The molecule has 1 N–H and O–H groups in total. The molecule has 5 aromatic rings. The quantitative estimate of drug-likeness (QED) is 0.0902. The minimum Gasteiger partial charge on any atom is -0.472 e. The minimum absolute atomic E-state index is 0.0240. The molecule has 6 rings (SSSR count). The van der Waals surface area contributed by atoms with Crippen LogP contribution in [0.5, 0.6) is 5.88 Å². The van der Waals surface area contributed by atoms with Gasteiger partial charge < -0.3 is 14.0 Å². The molecular formula is C39H44ClN8O5P. The number of halogens is 1. The van der Waals surface area contributed by atoms with Gasteiger partial charge in [-0.2, -0.15) is 15.2 Å². The molecule has 0 saturated carbocycles. The van der Waals surface area contributed by atoms with Crippen molar-refractivity contribution in [2.45, 2.75) is 51.2 Å². The monoisotopic (exact) mass is 770 g/mol. The predicted molar refractivity (Wildman–Crippen MR) is 207 cm³/mol. The lowest BCUT2D eigenvalue weighted by Gasteiger charge is -2.50. The number of hydrogen-bond acceptors (Lipinski definition) is 10. The number of carbonyl (C=O) groups is 1. The highest BCUT2D eigenvalue weighted by atomic mass is 35.7. The van der Waals surface area contributed by atoms with Crippen molar-refractivity contribution in [2.75, 3.05) is 39.1 Å². The van der Waals surface area contributed by atoms with E-state index in [-0.39, 0.29) is 36.7 Å². The van der Waals surface area contributed by atoms with Crippen molar-refractivity contribution in [2.24, 2.45) is 5.92 Å². The molecule has 1 amide bonds. The second-order valence-corrected chi connectivity index (χ2v) is 16.9. The van der Waals surface area contributed by atoms with Gasteiger partial charge in [0.05, 0.1) is 37.1 Å². The summed E-state index contributed by atoms with van der Waals surface area (Å²) in [5.41, 5.74) is 2.91. The van der Waals surface area contributed by atoms with E-state index in [0.717, 1.165) is 16.7 Å². The first-order valence-corrected chi connectivity index (χ1v) is 20.2. The number of aromatic nitrogens is 4. The van der Waals surface area contributed by atoms with Crippen molar-refractivity contribution < 1.29 is 23.4 Å². The molecule has 3 aromatic carbocycles. The highest BCUT2D eigenvalue weighted by Crippen LogP contribution is 2.54. The average Bonchev–Trinajstić information content (AvgIpc) is 3.60. The van der Waals surface area contributed by atoms with Crippen LogP contribution in [0.1, 0.15) is 50.1 Å². The summed E-state index contributed by atoms with van der Waals surface area (Å²) in [7, 11) is 3.19. The van der Waals surface area contributed by atoms with E-state index in [1.807, 2.05) is 54.6 Å². The largest absolute Gasteiger partial charge is 0.472 e. The number of fused-ring (bicyclic) bond motifs is 1. The van der Waals surface area contributed by atoms with Gasteiger partial charge >= 0.3 is 6.87 Å². The van der Waals surface area contributed by atoms with Gasteiger partial charge in [0.15, 0.2) is 11.2 Å². The van der Waals surface area contributed by atoms with Gasteiger partial charge in [-0.3, -0.25) is 24.1 Å². The Balaban J connectivity index is 1.53. The van der Waals surface area contributed by atoms with Gasteiger partial charge in [0.25, 0.3) is 0 Å². The van der Waals surface area contributed by atoms with Crippen LogP contribution in [-0.4, -0.2) is 81.0 Å². The van der Waals surface area contributed by atoms with Gasteiger partial charge in [0.1, 0.15) is 12.3 Å². The molecule has 2 aromatic heterocycles. The van der Waals surface area contributed by atoms with E-state index in [2.05, 4.69) is 62.7 Å². The van der Waals surface area contributed by atoms with Gasteiger partial charge in [-0.05, 0) is 49.0 Å². The molecule has 4 atom stereocenters. The summed E-state index contributed by atoms with van der Waals surface area (Å²) in [6.45, 7) is 2.24. The second-order valence-electron chi connectivity index (χ2n) is 13.6. The summed E-state index contributed by atoms with van der Waals surface area (Å²) in [5.74, 6) is -0.474. The Morgan fingerprint density at radius 3 is 2.09 bits per heavy atom. The number of imidazole rings is 1. The average molecular weight is 771 g/mol. The first-order chi connectivity index (χ1) is 25.9. The molecule has 3 heterocycles. The van der Waals surface area contributed by atoms with Gasteiger partial charge in [-0.1, -0.05) is 105 Å². The van der Waals surface area contributed by atoms with E-state index in [1.165, 1.54) is 4.67 Å². The molecule has 282 valence electrons. The zero-order chi connectivity index (χ0) is 38.5. The van der Waals surface area contributed by atoms with E-state index in [9.17, 15) is 14.6 Å². The number of anilines is 1. The third-order valence-corrected chi connectivity index (χ3v) is 11.9. The number of nitrogens with one attached hydrogen (secondary N) is 1. The summed E-state index contributed by atoms with van der Waals surface area (Å²) in [6.07, 6.45) is -0.184. The molecule has 54 heavy (non-hydrogen) atoms. The molecule has 0 spiro atoms. The fourth-order valence-corrected chi connectivity index (χ4v) is 7.32. The van der Waals surface area contributed by atoms with Crippen molar-refractivity contribution >= 4 is 41.1 Å². The van der Waals surface area contributed by atoms with Crippen molar-refractivity contribution in [3.8, 4) is 11.9 Å². The summed E-state index contributed by atoms with van der Waals surface area (Å²) < 4.78 is 35.1. The Hall–Kier alpha value is -4.67. The zero-order valence-electron chi connectivity index (χ0n) is 30.9. The lowest BCUT2D eigenvalue weighted by atomic mass is 9.75. The van der Waals surface area contributed by atoms with Gasteiger partial charge in [-0.15, -0.1) is 0 Å². The maximum absolute atomic E-state index is 13.2. The van der Waals surface area contributed by atoms with E-state index >= 15 is 0 Å². The van der Waals surface area contributed by atoms with E-state index < -0.39 is 30.8 Å². The number of nitriles is 1. The Kier molecular flexibility index (Phi) is 12.1. The first kappa shape index (κ1) is 39.0. The number of amides is 1. The number of morpholine rings is 1. The highest BCUT2D eigenvalue weighted by molar-refractivity contribution is 7.83. The SMILES string of the molecule is CC(C)C(=O)Nc1nc(O[C@H](C)CC#N)c2ncn([C@H]3CN(C(c4ccccc4)(c4ccccc4)c4ccccc4)C[C@@H](COP(=O)(Cl)N(C)C)O3)c2n1. The normalized spacial score (nSPS) is 18.3. The van der Waals surface area contributed by atoms with Crippen molar-refractivity contribution in [3.05, 3.63) is 114 Å². The molecule has 13 nitrogen and oxygen atoms in total. The van der Waals surface area contributed by atoms with Crippen LogP contribution in [-0.2, 0) is 24.2 Å². The van der Waals surface area contributed by atoms with E-state index in [4.69, 9.17) is 30.2 Å². The Morgan fingerprint density at radius 2 is 1.57 bits per heavy atom. The van der Waals surface area contributed by atoms with Crippen molar-refractivity contribution in [1.82, 2.24) is 29.1 Å². The molecule has 1 fully saturated rings. The number of rotatable bonds is 14. The summed E-state index contributed by atoms with van der Waals surface area (Å²) in [4.78, 5) is 29.1. The molecule has 1 aliphatic rings. The molecule has 15 heteroatoms. The molecule has 0 radical (unpaired) electrons. The summed E-state index contributed by atoms with van der Waals surface area (Å²) in [6, 6.07) is 32.9. The van der Waals surface area contributed by atoms with Crippen LogP contribution < -0.4 is 10.1 Å². The fourth-order valence-electron chi connectivity index (χ4n) is 6.57. The van der Waals surface area contributed by atoms with Crippen molar-refractivity contribution in [1.29, 1.82) is 5.26 Å². The Bertz CT molecular complexity index is 2030. The Labute approximate surface area is 320 Å². The van der Waals surface area contributed by atoms with Crippen LogP contribution >= 0.6 is 18.1 Å². The van der Waals surface area contributed by atoms with E-state index in [0.29, 0.717) is 24.3 Å². The first-order valence-electron chi connectivity index (χ1n) is 17.7. The predicted octanol–water partition coefficient (Wildman–Crippen LogP) is 7.22. The third-order valence-electron chi connectivity index (χ3n) is 9.25. The zero-order valence-corrected chi connectivity index (χ0v) is 32.5. The molecule has 1 aliphatic heterocycles.